The van der Waals surface area contributed by atoms with E-state index in [2.05, 4.69) is 32.9 Å². The molecule has 0 aromatic heterocycles. The topological polar surface area (TPSA) is 66.8 Å². The number of ether oxygens (including phenoxy) is 1. The molecule has 0 aromatic carbocycles. The molecule has 4 heteroatoms. The minimum absolute atomic E-state index is 0.00961. The highest BCUT2D eigenvalue weighted by Crippen LogP contribution is 2.57. The van der Waals surface area contributed by atoms with Gasteiger partial charge in [0.1, 0.15) is 5.78 Å². The molecule has 2 saturated carbocycles. The number of allylic oxidation sites excluding steroid dienone is 2. The molecular formula is C21H34O4. The molecule has 0 amide bonds. The monoisotopic (exact) mass is 350 g/mol. The van der Waals surface area contributed by atoms with Crippen LogP contribution in [0.2, 0.25) is 0 Å². The smallest absolute Gasteiger partial charge is 0.146 e. The lowest BCUT2D eigenvalue weighted by Crippen LogP contribution is -2.45. The molecule has 25 heavy (non-hydrogen) atoms. The summed E-state index contributed by atoms with van der Waals surface area (Å²) in [6, 6.07) is 0. The zero-order chi connectivity index (χ0) is 18.8. The van der Waals surface area contributed by atoms with Crippen molar-refractivity contribution in [2.24, 2.45) is 34.5 Å². The maximum absolute atomic E-state index is 13.7. The summed E-state index contributed by atoms with van der Waals surface area (Å²) in [7, 11) is 1.69. The SMILES string of the molecule is CO[C@@H]1[C@H]2C[C@@](C)(O)[C@@H](O)C[C@H]3C(C)(C)C=C[C@@]3(C)C(=O)[C@H]2C[C@H]1C. The fourth-order valence-corrected chi connectivity index (χ4v) is 6.01. The van der Waals surface area contributed by atoms with Gasteiger partial charge < -0.3 is 14.9 Å². The Morgan fingerprint density at radius 1 is 1.16 bits per heavy atom. The van der Waals surface area contributed by atoms with Gasteiger partial charge in [-0.3, -0.25) is 4.79 Å². The maximum atomic E-state index is 13.7. The molecule has 3 aliphatic rings. The van der Waals surface area contributed by atoms with Gasteiger partial charge in [0.25, 0.3) is 0 Å². The molecule has 3 aliphatic carbocycles. The Morgan fingerprint density at radius 3 is 2.40 bits per heavy atom. The third-order valence-electron chi connectivity index (χ3n) is 7.57. The fourth-order valence-electron chi connectivity index (χ4n) is 6.01. The Balaban J connectivity index is 2.09. The van der Waals surface area contributed by atoms with Crippen molar-refractivity contribution in [3.05, 3.63) is 12.2 Å². The predicted octanol–water partition coefficient (Wildman–Crippen LogP) is 2.97. The zero-order valence-electron chi connectivity index (χ0n) is 16.5. The van der Waals surface area contributed by atoms with E-state index in [1.54, 1.807) is 14.0 Å². The number of hydrogen-bond donors (Lipinski definition) is 2. The van der Waals surface area contributed by atoms with Crippen molar-refractivity contribution in [2.75, 3.05) is 7.11 Å². The molecule has 3 rings (SSSR count). The molecule has 0 spiro atoms. The van der Waals surface area contributed by atoms with Gasteiger partial charge in [-0.15, -0.1) is 0 Å². The second-order valence-electron chi connectivity index (χ2n) is 9.85. The molecule has 2 N–H and O–H groups in total. The number of fused-ring (bicyclic) bond motifs is 2. The van der Waals surface area contributed by atoms with Crippen LogP contribution < -0.4 is 0 Å². The van der Waals surface area contributed by atoms with Gasteiger partial charge >= 0.3 is 0 Å². The zero-order valence-corrected chi connectivity index (χ0v) is 16.5. The second-order valence-corrected chi connectivity index (χ2v) is 9.85. The molecule has 0 aliphatic heterocycles. The summed E-state index contributed by atoms with van der Waals surface area (Å²) in [6.45, 7) is 10.1. The van der Waals surface area contributed by atoms with Gasteiger partial charge in [0.15, 0.2) is 0 Å². The van der Waals surface area contributed by atoms with Crippen LogP contribution >= 0.6 is 0 Å². The van der Waals surface area contributed by atoms with Gasteiger partial charge in [0, 0.05) is 18.4 Å². The van der Waals surface area contributed by atoms with E-state index < -0.39 is 17.1 Å². The van der Waals surface area contributed by atoms with Crippen LogP contribution in [-0.2, 0) is 9.53 Å². The lowest BCUT2D eigenvalue weighted by atomic mass is 9.63. The largest absolute Gasteiger partial charge is 0.390 e. The van der Waals surface area contributed by atoms with E-state index in [1.165, 1.54) is 0 Å². The maximum Gasteiger partial charge on any atom is 0.146 e. The number of carbonyl (C=O) groups is 1. The quantitative estimate of drug-likeness (QED) is 0.714. The predicted molar refractivity (Wildman–Crippen MR) is 96.9 cm³/mol. The number of aliphatic hydroxyl groups is 2. The summed E-state index contributed by atoms with van der Waals surface area (Å²) in [4.78, 5) is 13.7. The van der Waals surface area contributed by atoms with Gasteiger partial charge in [-0.2, -0.15) is 0 Å². The summed E-state index contributed by atoms with van der Waals surface area (Å²) in [5.74, 6) is 0.356. The van der Waals surface area contributed by atoms with Crippen molar-refractivity contribution < 1.29 is 19.7 Å². The molecule has 4 nitrogen and oxygen atoms in total. The molecule has 0 saturated heterocycles. The minimum Gasteiger partial charge on any atom is -0.390 e. The normalized spacial score (nSPS) is 52.2. The lowest BCUT2D eigenvalue weighted by Gasteiger charge is -2.40. The van der Waals surface area contributed by atoms with Crippen LogP contribution in [0.3, 0.4) is 0 Å². The van der Waals surface area contributed by atoms with E-state index in [9.17, 15) is 15.0 Å². The van der Waals surface area contributed by atoms with E-state index in [0.29, 0.717) is 12.8 Å². The number of ketones is 1. The van der Waals surface area contributed by atoms with Gasteiger partial charge in [0.05, 0.1) is 17.8 Å². The minimum atomic E-state index is -1.21. The Morgan fingerprint density at radius 2 is 1.80 bits per heavy atom. The standard InChI is InChI=1S/C21H34O4/c1-12-9-13-14(17(12)25-6)11-21(5,24)16(22)10-15-19(2,3)7-8-20(15,4)18(13)23/h7-8,12-17,22,24H,9-11H2,1-6H3/t12-,13+,14+,15+,16+,17+,20-,21-/m1/s1. The number of aliphatic hydroxyl groups excluding tert-OH is 1. The van der Waals surface area contributed by atoms with Gasteiger partial charge in [0.2, 0.25) is 0 Å². The van der Waals surface area contributed by atoms with Crippen molar-refractivity contribution in [1.82, 2.24) is 0 Å². The summed E-state index contributed by atoms with van der Waals surface area (Å²) in [5.41, 5.74) is -1.98. The Bertz CT molecular complexity index is 578. The first-order valence-electron chi connectivity index (χ1n) is 9.62. The van der Waals surface area contributed by atoms with E-state index in [4.69, 9.17) is 4.74 Å². The Hall–Kier alpha value is -0.710. The molecule has 0 heterocycles. The molecule has 0 unspecified atom stereocenters. The fraction of sp³-hybridized carbons (Fsp3) is 0.857. The van der Waals surface area contributed by atoms with Crippen LogP contribution in [-0.4, -0.2) is 40.9 Å². The number of rotatable bonds is 1. The van der Waals surface area contributed by atoms with Crippen molar-refractivity contribution in [3.8, 4) is 0 Å². The number of methoxy groups -OCH3 is 1. The van der Waals surface area contributed by atoms with Crippen LogP contribution in [0.15, 0.2) is 12.2 Å². The van der Waals surface area contributed by atoms with Crippen LogP contribution in [0.4, 0.5) is 0 Å². The average molecular weight is 350 g/mol. The van der Waals surface area contributed by atoms with Crippen molar-refractivity contribution in [1.29, 1.82) is 0 Å². The molecule has 0 bridgehead atoms. The van der Waals surface area contributed by atoms with E-state index in [0.717, 1.165) is 6.42 Å². The Kier molecular flexibility index (Phi) is 4.50. The van der Waals surface area contributed by atoms with E-state index >= 15 is 0 Å². The van der Waals surface area contributed by atoms with Crippen molar-refractivity contribution in [3.63, 3.8) is 0 Å². The molecule has 142 valence electrons. The highest BCUT2D eigenvalue weighted by atomic mass is 16.5. The van der Waals surface area contributed by atoms with Crippen molar-refractivity contribution in [2.45, 2.75) is 71.7 Å². The first-order chi connectivity index (χ1) is 11.4. The molecule has 0 aromatic rings. The van der Waals surface area contributed by atoms with Gasteiger partial charge in [-0.1, -0.05) is 32.9 Å². The Labute approximate surface area is 151 Å². The summed E-state index contributed by atoms with van der Waals surface area (Å²) in [5, 5.41) is 21.9. The first kappa shape index (κ1) is 19.1. The third-order valence-corrected chi connectivity index (χ3v) is 7.57. The average Bonchev–Trinajstić information content (AvgIpc) is 2.94. The number of carbonyl (C=O) groups excluding carboxylic acids is 1. The van der Waals surface area contributed by atoms with Gasteiger partial charge in [-0.25, -0.2) is 0 Å². The summed E-state index contributed by atoms with van der Waals surface area (Å²) in [6.07, 6.45) is 4.92. The number of hydrogen-bond acceptors (Lipinski definition) is 4. The first-order valence-corrected chi connectivity index (χ1v) is 9.62. The molecule has 0 radical (unpaired) electrons. The molecule has 8 atom stereocenters. The highest BCUT2D eigenvalue weighted by molar-refractivity contribution is 5.90. The second kappa shape index (κ2) is 5.90. The lowest BCUT2D eigenvalue weighted by molar-refractivity contribution is -0.135. The van der Waals surface area contributed by atoms with Crippen molar-refractivity contribution >= 4 is 5.78 Å². The highest BCUT2D eigenvalue weighted by Gasteiger charge is 2.58. The summed E-state index contributed by atoms with van der Waals surface area (Å²) < 4.78 is 5.73. The third kappa shape index (κ3) is 2.81. The molecule has 2 fully saturated rings. The van der Waals surface area contributed by atoms with Crippen LogP contribution in [0.25, 0.3) is 0 Å². The van der Waals surface area contributed by atoms with Gasteiger partial charge in [-0.05, 0) is 56.3 Å². The van der Waals surface area contributed by atoms with Crippen LogP contribution in [0.5, 0.6) is 0 Å². The van der Waals surface area contributed by atoms with Crippen LogP contribution in [0.1, 0.15) is 53.9 Å². The van der Waals surface area contributed by atoms with E-state index in [-0.39, 0.29) is 41.0 Å². The number of Topliss-reactive ketones (excluding diaryl/α,β-unsaturated/α-hetero) is 1. The van der Waals surface area contributed by atoms with E-state index in [1.807, 2.05) is 6.92 Å². The summed E-state index contributed by atoms with van der Waals surface area (Å²) >= 11 is 0. The van der Waals surface area contributed by atoms with Crippen LogP contribution in [0, 0.1) is 34.5 Å². The molecular weight excluding hydrogens is 316 g/mol.